The summed E-state index contributed by atoms with van der Waals surface area (Å²) in [5.74, 6) is 1.14. The van der Waals surface area contributed by atoms with Gasteiger partial charge in [0.2, 0.25) is 0 Å². The van der Waals surface area contributed by atoms with E-state index in [1.165, 1.54) is 0 Å². The lowest BCUT2D eigenvalue weighted by Gasteiger charge is -2.39. The second-order valence-electron chi connectivity index (χ2n) is 18.3. The topological polar surface area (TPSA) is 204 Å². The van der Waals surface area contributed by atoms with Gasteiger partial charge in [-0.3, -0.25) is 28.4 Å². The van der Waals surface area contributed by atoms with Crippen LogP contribution in [0.3, 0.4) is 0 Å². The molecule has 4 aliphatic heterocycles. The van der Waals surface area contributed by atoms with E-state index in [1.54, 1.807) is 24.8 Å². The molecule has 6 aromatic heterocycles. The second kappa shape index (κ2) is 16.4. The number of hydrogen-bond acceptors (Lipinski definition) is 14. The first-order valence-corrected chi connectivity index (χ1v) is 22.9. The predicted octanol–water partition coefficient (Wildman–Crippen LogP) is 6.44. The lowest BCUT2D eigenvalue weighted by molar-refractivity contribution is 0.0110. The third kappa shape index (κ3) is 7.28. The van der Waals surface area contributed by atoms with E-state index in [4.69, 9.17) is 24.7 Å². The molecular weight excluding hydrogens is 861 g/mol. The molecule has 2 fully saturated rings. The smallest absolute Gasteiger partial charge is 0.254 e. The summed E-state index contributed by atoms with van der Waals surface area (Å²) in [6.07, 6.45) is 17.9. The van der Waals surface area contributed by atoms with Crippen LogP contribution in [-0.4, -0.2) is 94.0 Å². The summed E-state index contributed by atoms with van der Waals surface area (Å²) in [6, 6.07) is 15.8. The van der Waals surface area contributed by atoms with Crippen LogP contribution in [0, 0.1) is 5.92 Å². The Labute approximate surface area is 390 Å². The highest BCUT2D eigenvalue weighted by Crippen LogP contribution is 2.39. The van der Waals surface area contributed by atoms with E-state index >= 15 is 0 Å². The first-order valence-electron chi connectivity index (χ1n) is 22.9. The van der Waals surface area contributed by atoms with Crippen LogP contribution in [0.15, 0.2) is 104 Å². The van der Waals surface area contributed by atoms with E-state index in [0.717, 1.165) is 76.6 Å². The largest absolute Gasteiger partial charge is 0.390 e. The Morgan fingerprint density at radius 1 is 0.691 bits per heavy atom. The number of carbonyl (C=O) groups is 2. The highest BCUT2D eigenvalue weighted by atomic mass is 16.5. The fourth-order valence-electron chi connectivity index (χ4n) is 10.2. The number of imidazole rings is 2. The lowest BCUT2D eigenvalue weighted by Crippen LogP contribution is -2.44. The molecule has 5 N–H and O–H groups in total. The maximum Gasteiger partial charge on any atom is 0.254 e. The number of nitrogens with zero attached hydrogens (tertiary/aromatic N) is 10. The van der Waals surface area contributed by atoms with Gasteiger partial charge < -0.3 is 40.9 Å². The molecule has 18 heteroatoms. The highest BCUT2D eigenvalue weighted by molar-refractivity contribution is 6.07. The number of nitrogens with one attached hydrogen (secondary N) is 4. The minimum Gasteiger partial charge on any atom is -0.390 e. The van der Waals surface area contributed by atoms with Crippen molar-refractivity contribution in [3.05, 3.63) is 132 Å². The fourth-order valence-corrected chi connectivity index (χ4v) is 10.2. The SMILES string of the molecule is CC(C)(O)C1CCCN(c2ccc(Nc3ccc(-c4cnc5c(C6CN(c7ccc(Nc8ccc(-c9cnc%10cnccn9%10)c9c8C(=O)NC9)nc7)CCO6)nccn45)c4c3C(=O)NC4)nc2)C1. The molecule has 10 heterocycles. The zero-order chi connectivity index (χ0) is 46.1. The first kappa shape index (κ1) is 41.5. The first-order chi connectivity index (χ1) is 33.1. The molecule has 2 unspecified atom stereocenters. The van der Waals surface area contributed by atoms with Crippen LogP contribution < -0.4 is 31.1 Å². The summed E-state index contributed by atoms with van der Waals surface area (Å²) in [4.78, 5) is 58.9. The van der Waals surface area contributed by atoms with E-state index in [0.29, 0.717) is 78.3 Å². The van der Waals surface area contributed by atoms with Crippen molar-refractivity contribution in [2.75, 3.05) is 53.2 Å². The molecule has 0 aliphatic carbocycles. The molecule has 0 saturated carbocycles. The Kier molecular flexibility index (Phi) is 10.0. The number of anilines is 6. The molecule has 2 atom stereocenters. The van der Waals surface area contributed by atoms with Gasteiger partial charge in [0.05, 0.1) is 95.0 Å². The van der Waals surface area contributed by atoms with Crippen LogP contribution in [0.2, 0.25) is 0 Å². The Morgan fingerprint density at radius 2 is 1.32 bits per heavy atom. The number of benzene rings is 2. The second-order valence-corrected chi connectivity index (χ2v) is 18.3. The van der Waals surface area contributed by atoms with Crippen LogP contribution in [0.1, 0.15) is 70.3 Å². The van der Waals surface area contributed by atoms with Gasteiger partial charge in [-0.1, -0.05) is 12.1 Å². The minimum atomic E-state index is -0.735. The van der Waals surface area contributed by atoms with Gasteiger partial charge in [-0.25, -0.2) is 19.9 Å². The highest BCUT2D eigenvalue weighted by Gasteiger charge is 2.33. The van der Waals surface area contributed by atoms with Crippen LogP contribution in [0.4, 0.5) is 34.4 Å². The van der Waals surface area contributed by atoms with Crippen LogP contribution in [0.5, 0.6) is 0 Å². The molecule has 0 bridgehead atoms. The third-order valence-electron chi connectivity index (χ3n) is 13.8. The number of aliphatic hydroxyl groups is 1. The molecule has 8 aromatic rings. The molecule has 4 aliphatic rings. The lowest BCUT2D eigenvalue weighted by atomic mass is 9.84. The van der Waals surface area contributed by atoms with Gasteiger partial charge in [0.15, 0.2) is 11.3 Å². The summed E-state index contributed by atoms with van der Waals surface area (Å²) in [5.41, 5.74) is 11.1. The summed E-state index contributed by atoms with van der Waals surface area (Å²) >= 11 is 0. The molecule has 2 aromatic carbocycles. The average molecular weight is 909 g/mol. The van der Waals surface area contributed by atoms with Crippen LogP contribution in [0.25, 0.3) is 33.8 Å². The normalized spacial score (nSPS) is 18.2. The van der Waals surface area contributed by atoms with E-state index < -0.39 is 5.60 Å². The van der Waals surface area contributed by atoms with Crippen LogP contribution in [-0.2, 0) is 17.8 Å². The monoisotopic (exact) mass is 908 g/mol. The molecule has 0 radical (unpaired) electrons. The van der Waals surface area contributed by atoms with Crippen molar-refractivity contribution >= 4 is 57.5 Å². The van der Waals surface area contributed by atoms with Gasteiger partial charge in [0.1, 0.15) is 23.4 Å². The van der Waals surface area contributed by atoms with E-state index in [-0.39, 0.29) is 23.8 Å². The summed E-state index contributed by atoms with van der Waals surface area (Å²) in [7, 11) is 0. The van der Waals surface area contributed by atoms with Gasteiger partial charge in [0, 0.05) is 74.6 Å². The Balaban J connectivity index is 0.754. The number of morpholine rings is 1. The van der Waals surface area contributed by atoms with E-state index in [9.17, 15) is 14.7 Å². The van der Waals surface area contributed by atoms with Crippen molar-refractivity contribution in [1.82, 2.24) is 49.3 Å². The van der Waals surface area contributed by atoms with Gasteiger partial charge in [-0.15, -0.1) is 0 Å². The minimum absolute atomic E-state index is 0.141. The van der Waals surface area contributed by atoms with Crippen molar-refractivity contribution in [3.8, 4) is 22.5 Å². The van der Waals surface area contributed by atoms with Crippen molar-refractivity contribution in [2.24, 2.45) is 5.92 Å². The quantitative estimate of drug-likeness (QED) is 0.100. The number of ether oxygens (including phenoxy) is 1. The standard InChI is InChI=1S/C50H48N14O4/c1-50(2,67)29-4-3-15-61(27-29)30-5-11-41(53-20-30)60-37-10-8-33(35-23-58-49(66)45(35)37)39-25-56-47-46(52-14-17-64(39)47)40-28-62(18-19-68-40)31-6-12-42(54-21-31)59-36-9-7-32(34-22-57-48(65)44(34)36)38-24-55-43-26-51-13-16-63(38)43/h5-14,16-17,20-21,24-26,29,40,67H,3-4,15,18-19,22-23,27-28H2,1-2H3,(H,53,60)(H,54,59)(H,57,65)(H,58,66). The number of pyridine rings is 2. The predicted molar refractivity (Wildman–Crippen MR) is 256 cm³/mol. The molecule has 2 saturated heterocycles. The Bertz CT molecular complexity index is 3270. The van der Waals surface area contributed by atoms with E-state index in [2.05, 4.69) is 41.0 Å². The van der Waals surface area contributed by atoms with Crippen molar-refractivity contribution < 1.29 is 19.4 Å². The Morgan fingerprint density at radius 3 is 1.97 bits per heavy atom. The molecular formula is C50H48N14O4. The third-order valence-corrected chi connectivity index (χ3v) is 13.8. The van der Waals surface area contributed by atoms with Gasteiger partial charge in [0.25, 0.3) is 11.8 Å². The maximum atomic E-state index is 13.4. The summed E-state index contributed by atoms with van der Waals surface area (Å²) in [5, 5.41) is 23.4. The van der Waals surface area contributed by atoms with Crippen molar-refractivity contribution in [3.63, 3.8) is 0 Å². The van der Waals surface area contributed by atoms with Crippen molar-refractivity contribution in [1.29, 1.82) is 0 Å². The average Bonchev–Trinajstić information content (AvgIpc) is 4.18. The fraction of sp³-hybridized carbons (Fsp3) is 0.280. The molecule has 0 spiro atoms. The number of aromatic nitrogens is 8. The summed E-state index contributed by atoms with van der Waals surface area (Å²) < 4.78 is 10.3. The zero-order valence-corrected chi connectivity index (χ0v) is 37.5. The number of hydrogen-bond donors (Lipinski definition) is 5. The Hall–Kier alpha value is -7.96. The van der Waals surface area contributed by atoms with Gasteiger partial charge >= 0.3 is 0 Å². The molecule has 68 heavy (non-hydrogen) atoms. The number of carbonyl (C=O) groups excluding carboxylic acids is 2. The molecule has 12 rings (SSSR count). The number of amides is 2. The summed E-state index contributed by atoms with van der Waals surface area (Å²) in [6.45, 7) is 7.93. The molecule has 342 valence electrons. The molecule has 2 amide bonds. The molecule has 18 nitrogen and oxygen atoms in total. The number of piperidine rings is 1. The maximum absolute atomic E-state index is 13.4. The van der Waals surface area contributed by atoms with E-state index in [1.807, 2.05) is 102 Å². The zero-order valence-electron chi connectivity index (χ0n) is 37.5. The van der Waals surface area contributed by atoms with Crippen molar-refractivity contribution in [2.45, 2.75) is 51.5 Å². The van der Waals surface area contributed by atoms with Gasteiger partial charge in [-0.05, 0) is 74.2 Å². The van der Waals surface area contributed by atoms with Crippen LogP contribution >= 0.6 is 0 Å². The van der Waals surface area contributed by atoms with Gasteiger partial charge in [-0.2, -0.15) is 0 Å². The number of rotatable bonds is 10. The number of fused-ring (bicyclic) bond motifs is 4.